The quantitative estimate of drug-likeness (QED) is 0.715. The zero-order chi connectivity index (χ0) is 17.5. The third-order valence-electron chi connectivity index (χ3n) is 3.44. The molecule has 0 amide bonds. The SMILES string of the molecule is CCS(=O)(=O)c1cnccc1-c1nc2cc(C(F)(F)F)ccc2o1. The first-order chi connectivity index (χ1) is 11.2. The first-order valence-corrected chi connectivity index (χ1v) is 8.52. The van der Waals surface area contributed by atoms with Crippen molar-refractivity contribution in [3.63, 3.8) is 0 Å². The van der Waals surface area contributed by atoms with E-state index in [0.29, 0.717) is 0 Å². The Balaban J connectivity index is 2.18. The Bertz CT molecular complexity index is 1010. The van der Waals surface area contributed by atoms with Crippen LogP contribution in [0.15, 0.2) is 46.0 Å². The summed E-state index contributed by atoms with van der Waals surface area (Å²) in [7, 11) is -3.59. The molecule has 0 unspecified atom stereocenters. The van der Waals surface area contributed by atoms with Gasteiger partial charge in [0.1, 0.15) is 5.52 Å². The van der Waals surface area contributed by atoms with Crippen LogP contribution in [0.4, 0.5) is 13.2 Å². The molecular weight excluding hydrogens is 345 g/mol. The van der Waals surface area contributed by atoms with Crippen LogP contribution >= 0.6 is 0 Å². The van der Waals surface area contributed by atoms with Gasteiger partial charge in [0.15, 0.2) is 15.4 Å². The summed E-state index contributed by atoms with van der Waals surface area (Å²) >= 11 is 0. The number of aromatic nitrogens is 2. The Kier molecular flexibility index (Phi) is 3.83. The Labute approximate surface area is 135 Å². The van der Waals surface area contributed by atoms with Crippen molar-refractivity contribution in [3.8, 4) is 11.5 Å². The van der Waals surface area contributed by atoms with Gasteiger partial charge < -0.3 is 4.42 Å². The molecule has 0 radical (unpaired) electrons. The van der Waals surface area contributed by atoms with Crippen molar-refractivity contribution >= 4 is 20.9 Å². The molecule has 0 bridgehead atoms. The van der Waals surface area contributed by atoms with E-state index in [9.17, 15) is 21.6 Å². The minimum absolute atomic E-state index is 0.00326. The summed E-state index contributed by atoms with van der Waals surface area (Å²) < 4.78 is 68.0. The van der Waals surface area contributed by atoms with Crippen molar-refractivity contribution in [1.82, 2.24) is 9.97 Å². The lowest BCUT2D eigenvalue weighted by Crippen LogP contribution is -2.06. The molecule has 0 saturated carbocycles. The van der Waals surface area contributed by atoms with Crippen LogP contribution in [0.1, 0.15) is 12.5 Å². The molecule has 24 heavy (non-hydrogen) atoms. The lowest BCUT2D eigenvalue weighted by molar-refractivity contribution is -0.137. The Morgan fingerprint density at radius 1 is 1.21 bits per heavy atom. The molecule has 5 nitrogen and oxygen atoms in total. The lowest BCUT2D eigenvalue weighted by Gasteiger charge is -2.04. The van der Waals surface area contributed by atoms with E-state index < -0.39 is 21.6 Å². The number of alkyl halides is 3. The van der Waals surface area contributed by atoms with Crippen LogP contribution in [0, 0.1) is 0 Å². The van der Waals surface area contributed by atoms with Crippen LogP contribution in [-0.2, 0) is 16.0 Å². The van der Waals surface area contributed by atoms with Gasteiger partial charge in [-0.15, -0.1) is 0 Å². The minimum Gasteiger partial charge on any atom is -0.436 e. The third kappa shape index (κ3) is 2.86. The predicted octanol–water partition coefficient (Wildman–Crippen LogP) is 3.70. The van der Waals surface area contributed by atoms with Crippen molar-refractivity contribution in [3.05, 3.63) is 42.2 Å². The molecule has 3 aromatic rings. The molecule has 0 N–H and O–H groups in total. The number of hydrogen-bond acceptors (Lipinski definition) is 5. The van der Waals surface area contributed by atoms with E-state index in [1.54, 1.807) is 0 Å². The molecule has 3 rings (SSSR count). The molecule has 0 fully saturated rings. The van der Waals surface area contributed by atoms with Gasteiger partial charge in [0.25, 0.3) is 0 Å². The highest BCUT2D eigenvalue weighted by Crippen LogP contribution is 2.34. The Hall–Kier alpha value is -2.42. The number of fused-ring (bicyclic) bond motifs is 1. The minimum atomic E-state index is -4.50. The summed E-state index contributed by atoms with van der Waals surface area (Å²) in [6, 6.07) is 4.30. The molecule has 0 aliphatic rings. The number of nitrogens with zero attached hydrogens (tertiary/aromatic N) is 2. The van der Waals surface area contributed by atoms with Gasteiger partial charge in [0, 0.05) is 12.4 Å². The predicted molar refractivity (Wildman–Crippen MR) is 80.0 cm³/mol. The van der Waals surface area contributed by atoms with Gasteiger partial charge >= 0.3 is 6.18 Å². The summed E-state index contributed by atoms with van der Waals surface area (Å²) in [4.78, 5) is 7.72. The van der Waals surface area contributed by atoms with Crippen LogP contribution in [0.5, 0.6) is 0 Å². The maximum atomic E-state index is 12.8. The fourth-order valence-electron chi connectivity index (χ4n) is 2.18. The third-order valence-corrected chi connectivity index (χ3v) is 5.20. The standard InChI is InChI=1S/C15H11F3N2O3S/c1-2-24(21,22)13-8-19-6-5-10(13)14-20-11-7-9(15(16,17)18)3-4-12(11)23-14/h3-8H,2H2,1H3. The summed E-state index contributed by atoms with van der Waals surface area (Å²) in [5, 5.41) is 0. The van der Waals surface area contributed by atoms with Crippen molar-refractivity contribution < 1.29 is 26.0 Å². The molecule has 2 heterocycles. The maximum absolute atomic E-state index is 12.8. The van der Waals surface area contributed by atoms with Crippen molar-refractivity contribution in [2.24, 2.45) is 0 Å². The summed E-state index contributed by atoms with van der Waals surface area (Å²) in [5.74, 6) is -0.219. The second-order valence-corrected chi connectivity index (χ2v) is 7.22. The number of sulfone groups is 1. The van der Waals surface area contributed by atoms with Crippen LogP contribution in [0.25, 0.3) is 22.6 Å². The molecule has 2 aromatic heterocycles. The number of pyridine rings is 1. The highest BCUT2D eigenvalue weighted by Gasteiger charge is 2.31. The lowest BCUT2D eigenvalue weighted by atomic mass is 10.2. The van der Waals surface area contributed by atoms with Gasteiger partial charge in [-0.05, 0) is 24.3 Å². The second-order valence-electron chi connectivity index (χ2n) is 4.97. The molecule has 0 saturated heterocycles. The first-order valence-electron chi connectivity index (χ1n) is 6.87. The summed E-state index contributed by atoms with van der Waals surface area (Å²) in [5.41, 5.74) is -0.561. The highest BCUT2D eigenvalue weighted by molar-refractivity contribution is 7.91. The molecule has 0 aliphatic carbocycles. The van der Waals surface area contributed by atoms with E-state index >= 15 is 0 Å². The van der Waals surface area contributed by atoms with Crippen molar-refractivity contribution in [2.75, 3.05) is 5.75 Å². The molecule has 1 aromatic carbocycles. The average molecular weight is 356 g/mol. The summed E-state index contributed by atoms with van der Waals surface area (Å²) in [6.07, 6.45) is -1.97. The first kappa shape index (κ1) is 16.4. The topological polar surface area (TPSA) is 73.1 Å². The van der Waals surface area contributed by atoms with E-state index in [1.165, 1.54) is 25.4 Å². The fraction of sp³-hybridized carbons (Fsp3) is 0.200. The zero-order valence-corrected chi connectivity index (χ0v) is 13.1. The molecule has 0 atom stereocenters. The number of hydrogen-bond donors (Lipinski definition) is 0. The number of halogens is 3. The monoisotopic (exact) mass is 356 g/mol. The average Bonchev–Trinajstić information content (AvgIpc) is 2.97. The Morgan fingerprint density at radius 3 is 2.62 bits per heavy atom. The number of oxazole rings is 1. The molecule has 0 spiro atoms. The van der Waals surface area contributed by atoms with Gasteiger partial charge in [0.2, 0.25) is 5.89 Å². The summed E-state index contributed by atoms with van der Waals surface area (Å²) in [6.45, 7) is 1.48. The normalized spacial score (nSPS) is 12.7. The largest absolute Gasteiger partial charge is 0.436 e. The number of benzene rings is 1. The zero-order valence-electron chi connectivity index (χ0n) is 12.3. The van der Waals surface area contributed by atoms with E-state index in [-0.39, 0.29) is 33.2 Å². The van der Waals surface area contributed by atoms with Crippen molar-refractivity contribution in [1.29, 1.82) is 0 Å². The number of rotatable bonds is 3. The van der Waals surface area contributed by atoms with Crippen LogP contribution in [0.3, 0.4) is 0 Å². The van der Waals surface area contributed by atoms with Gasteiger partial charge in [0.05, 0.1) is 21.8 Å². The molecular formula is C15H11F3N2O3S. The highest BCUT2D eigenvalue weighted by atomic mass is 32.2. The Morgan fingerprint density at radius 2 is 1.96 bits per heavy atom. The maximum Gasteiger partial charge on any atom is 0.416 e. The van der Waals surface area contributed by atoms with Gasteiger partial charge in [-0.2, -0.15) is 13.2 Å². The van der Waals surface area contributed by atoms with Crippen LogP contribution in [-0.4, -0.2) is 24.1 Å². The molecule has 9 heteroatoms. The van der Waals surface area contributed by atoms with E-state index in [1.807, 2.05) is 0 Å². The smallest absolute Gasteiger partial charge is 0.416 e. The van der Waals surface area contributed by atoms with Gasteiger partial charge in [-0.25, -0.2) is 13.4 Å². The van der Waals surface area contributed by atoms with Crippen molar-refractivity contribution in [2.45, 2.75) is 18.0 Å². The van der Waals surface area contributed by atoms with Gasteiger partial charge in [-0.3, -0.25) is 4.98 Å². The van der Waals surface area contributed by atoms with Crippen LogP contribution < -0.4 is 0 Å². The van der Waals surface area contributed by atoms with E-state index in [0.717, 1.165) is 18.2 Å². The second kappa shape index (κ2) is 5.59. The fourth-order valence-corrected chi connectivity index (χ4v) is 3.20. The molecule has 0 aliphatic heterocycles. The van der Waals surface area contributed by atoms with E-state index in [2.05, 4.69) is 9.97 Å². The van der Waals surface area contributed by atoms with Crippen LogP contribution in [0.2, 0.25) is 0 Å². The molecule has 126 valence electrons. The van der Waals surface area contributed by atoms with E-state index in [4.69, 9.17) is 4.42 Å². The van der Waals surface area contributed by atoms with Gasteiger partial charge in [-0.1, -0.05) is 6.92 Å².